The van der Waals surface area contributed by atoms with Gasteiger partial charge in [0, 0.05) is 26.1 Å². The van der Waals surface area contributed by atoms with Crippen LogP contribution in [-0.4, -0.2) is 26.9 Å². The molecule has 3 aromatic rings. The standard InChI is InChI=1S/C21H21N3O2S/c1-3-11-23(13-15-8-5-4-6-9-15)21(26)18-14(2)17-19(27-18)22-16-10-7-12-24(16)20(17)25/h3-6,8-9H,1,7,10-13H2,2H3. The van der Waals surface area contributed by atoms with Crippen molar-refractivity contribution in [1.29, 1.82) is 0 Å². The first kappa shape index (κ1) is 17.7. The monoisotopic (exact) mass is 379 g/mol. The molecular weight excluding hydrogens is 358 g/mol. The molecule has 5 nitrogen and oxygen atoms in total. The molecule has 138 valence electrons. The lowest BCUT2D eigenvalue weighted by Gasteiger charge is -2.21. The van der Waals surface area contributed by atoms with Crippen molar-refractivity contribution in [1.82, 2.24) is 14.5 Å². The normalized spacial score (nSPS) is 12.9. The molecule has 0 N–H and O–H groups in total. The van der Waals surface area contributed by atoms with E-state index >= 15 is 0 Å². The van der Waals surface area contributed by atoms with Gasteiger partial charge < -0.3 is 4.90 Å². The Hall–Kier alpha value is -2.73. The highest BCUT2D eigenvalue weighted by Gasteiger charge is 2.25. The number of carbonyl (C=O) groups is 1. The molecule has 0 unspecified atom stereocenters. The van der Waals surface area contributed by atoms with E-state index in [0.29, 0.717) is 34.7 Å². The van der Waals surface area contributed by atoms with Gasteiger partial charge in [0.1, 0.15) is 10.7 Å². The number of hydrogen-bond acceptors (Lipinski definition) is 4. The predicted octanol–water partition coefficient (Wildman–Crippen LogP) is 3.54. The van der Waals surface area contributed by atoms with E-state index in [1.165, 1.54) is 11.3 Å². The Balaban J connectivity index is 1.75. The lowest BCUT2D eigenvalue weighted by atomic mass is 10.1. The second kappa shape index (κ2) is 7.12. The second-order valence-electron chi connectivity index (χ2n) is 6.78. The van der Waals surface area contributed by atoms with E-state index in [4.69, 9.17) is 0 Å². The van der Waals surface area contributed by atoms with Crippen molar-refractivity contribution in [3.05, 3.63) is 75.2 Å². The topological polar surface area (TPSA) is 55.2 Å². The fraction of sp³-hybridized carbons (Fsp3) is 0.286. The molecule has 6 heteroatoms. The van der Waals surface area contributed by atoms with Crippen molar-refractivity contribution < 1.29 is 4.79 Å². The molecule has 0 spiro atoms. The zero-order chi connectivity index (χ0) is 19.0. The van der Waals surface area contributed by atoms with Gasteiger partial charge in [-0.25, -0.2) is 4.98 Å². The highest BCUT2D eigenvalue weighted by Crippen LogP contribution is 2.30. The molecule has 0 atom stereocenters. The minimum Gasteiger partial charge on any atom is -0.330 e. The van der Waals surface area contributed by atoms with E-state index < -0.39 is 0 Å². The summed E-state index contributed by atoms with van der Waals surface area (Å²) in [5.74, 6) is 0.754. The highest BCUT2D eigenvalue weighted by molar-refractivity contribution is 7.20. The molecule has 0 radical (unpaired) electrons. The largest absolute Gasteiger partial charge is 0.330 e. The third-order valence-electron chi connectivity index (χ3n) is 4.96. The molecule has 4 rings (SSSR count). The molecule has 1 aliphatic rings. The third-order valence-corrected chi connectivity index (χ3v) is 6.13. The summed E-state index contributed by atoms with van der Waals surface area (Å²) in [5.41, 5.74) is 1.78. The molecule has 1 aromatic carbocycles. The summed E-state index contributed by atoms with van der Waals surface area (Å²) in [6, 6.07) is 9.88. The molecule has 27 heavy (non-hydrogen) atoms. The van der Waals surface area contributed by atoms with Crippen LogP contribution < -0.4 is 5.56 Å². The number of aromatic nitrogens is 2. The Morgan fingerprint density at radius 1 is 1.37 bits per heavy atom. The van der Waals surface area contributed by atoms with Crippen LogP contribution in [0.2, 0.25) is 0 Å². The summed E-state index contributed by atoms with van der Waals surface area (Å²) in [4.78, 5) is 33.8. The number of benzene rings is 1. The molecule has 2 aromatic heterocycles. The first-order valence-electron chi connectivity index (χ1n) is 9.07. The fourth-order valence-electron chi connectivity index (χ4n) is 3.60. The first-order valence-corrected chi connectivity index (χ1v) is 9.88. The van der Waals surface area contributed by atoms with Crippen molar-refractivity contribution in [2.45, 2.75) is 32.9 Å². The van der Waals surface area contributed by atoms with Crippen LogP contribution in [0.15, 0.2) is 47.8 Å². The van der Waals surface area contributed by atoms with E-state index in [1.807, 2.05) is 37.3 Å². The van der Waals surface area contributed by atoms with Crippen molar-refractivity contribution in [2.75, 3.05) is 6.54 Å². The van der Waals surface area contributed by atoms with E-state index in [1.54, 1.807) is 15.5 Å². The third kappa shape index (κ3) is 3.10. The number of carbonyl (C=O) groups excluding carboxylic acids is 1. The minimum absolute atomic E-state index is 0.0152. The molecule has 0 bridgehead atoms. The Morgan fingerprint density at radius 3 is 2.89 bits per heavy atom. The molecule has 0 saturated heterocycles. The molecule has 0 saturated carbocycles. The SMILES string of the molecule is C=CCN(Cc1ccccc1)C(=O)c1sc2nc3n(c(=O)c2c1C)CCC3. The number of rotatable bonds is 5. The van der Waals surface area contributed by atoms with Crippen LogP contribution in [0.25, 0.3) is 10.2 Å². The van der Waals surface area contributed by atoms with Gasteiger partial charge in [0.2, 0.25) is 0 Å². The van der Waals surface area contributed by atoms with Gasteiger partial charge in [0.25, 0.3) is 11.5 Å². The second-order valence-corrected chi connectivity index (χ2v) is 7.78. The lowest BCUT2D eigenvalue weighted by Crippen LogP contribution is -2.30. The summed E-state index contributed by atoms with van der Waals surface area (Å²) in [6.07, 6.45) is 3.50. The summed E-state index contributed by atoms with van der Waals surface area (Å²) >= 11 is 1.33. The Labute approximate surface area is 161 Å². The summed E-state index contributed by atoms with van der Waals surface area (Å²) in [6.45, 7) is 7.30. The van der Waals surface area contributed by atoms with E-state index in [-0.39, 0.29) is 11.5 Å². The van der Waals surface area contributed by atoms with E-state index in [9.17, 15) is 9.59 Å². The molecule has 1 amide bonds. The van der Waals surface area contributed by atoms with Crippen LogP contribution >= 0.6 is 11.3 Å². The van der Waals surface area contributed by atoms with Gasteiger partial charge in [0.15, 0.2) is 0 Å². The molecule has 0 aliphatic carbocycles. The zero-order valence-electron chi connectivity index (χ0n) is 15.3. The maximum atomic E-state index is 13.2. The van der Waals surface area contributed by atoms with Gasteiger partial charge in [-0.1, -0.05) is 36.4 Å². The van der Waals surface area contributed by atoms with Gasteiger partial charge in [0.05, 0.1) is 10.3 Å². The predicted molar refractivity (Wildman–Crippen MR) is 108 cm³/mol. The Bertz CT molecular complexity index is 1080. The summed E-state index contributed by atoms with van der Waals surface area (Å²) < 4.78 is 1.75. The molecule has 3 heterocycles. The number of aryl methyl sites for hydroxylation is 2. The van der Waals surface area contributed by atoms with Gasteiger partial charge in [-0.15, -0.1) is 17.9 Å². The molecular formula is C21H21N3O2S. The average molecular weight is 379 g/mol. The first-order chi connectivity index (χ1) is 13.1. The van der Waals surface area contributed by atoms with Crippen molar-refractivity contribution in [3.63, 3.8) is 0 Å². The molecule has 0 fully saturated rings. The van der Waals surface area contributed by atoms with Crippen molar-refractivity contribution in [3.8, 4) is 0 Å². The maximum Gasteiger partial charge on any atom is 0.264 e. The average Bonchev–Trinajstić information content (AvgIpc) is 3.27. The van der Waals surface area contributed by atoms with Crippen LogP contribution in [0.4, 0.5) is 0 Å². The number of nitrogens with zero attached hydrogens (tertiary/aromatic N) is 3. The van der Waals surface area contributed by atoms with Crippen LogP contribution in [-0.2, 0) is 19.5 Å². The molecule has 1 aliphatic heterocycles. The quantitative estimate of drug-likeness (QED) is 0.637. The minimum atomic E-state index is -0.0798. The van der Waals surface area contributed by atoms with Crippen LogP contribution in [0, 0.1) is 6.92 Å². The van der Waals surface area contributed by atoms with E-state index in [0.717, 1.165) is 29.8 Å². The van der Waals surface area contributed by atoms with Gasteiger partial charge in [-0.05, 0) is 24.5 Å². The number of amides is 1. The maximum absolute atomic E-state index is 13.2. The Morgan fingerprint density at radius 2 is 2.15 bits per heavy atom. The van der Waals surface area contributed by atoms with Gasteiger partial charge in [-0.3, -0.25) is 14.2 Å². The van der Waals surface area contributed by atoms with Crippen molar-refractivity contribution in [2.24, 2.45) is 0 Å². The smallest absolute Gasteiger partial charge is 0.264 e. The van der Waals surface area contributed by atoms with Crippen LogP contribution in [0.1, 0.15) is 33.0 Å². The highest BCUT2D eigenvalue weighted by atomic mass is 32.1. The lowest BCUT2D eigenvalue weighted by molar-refractivity contribution is 0.0767. The Kier molecular flexibility index (Phi) is 4.66. The van der Waals surface area contributed by atoms with Crippen molar-refractivity contribution >= 4 is 27.5 Å². The van der Waals surface area contributed by atoms with Gasteiger partial charge >= 0.3 is 0 Å². The number of hydrogen-bond donors (Lipinski definition) is 0. The number of fused-ring (bicyclic) bond motifs is 2. The summed E-state index contributed by atoms with van der Waals surface area (Å²) in [7, 11) is 0. The van der Waals surface area contributed by atoms with Crippen LogP contribution in [0.3, 0.4) is 0 Å². The summed E-state index contributed by atoms with van der Waals surface area (Å²) in [5, 5.41) is 0.590. The zero-order valence-corrected chi connectivity index (χ0v) is 16.1. The fourth-order valence-corrected chi connectivity index (χ4v) is 4.76. The van der Waals surface area contributed by atoms with Crippen LogP contribution in [0.5, 0.6) is 0 Å². The number of thiophene rings is 1. The van der Waals surface area contributed by atoms with E-state index in [2.05, 4.69) is 11.6 Å². The van der Waals surface area contributed by atoms with Gasteiger partial charge in [-0.2, -0.15) is 0 Å².